The fourth-order valence-electron chi connectivity index (χ4n) is 4.06. The number of H-pyrrole nitrogens is 1. The van der Waals surface area contributed by atoms with E-state index in [1.807, 2.05) is 51.5 Å². The molecule has 9 heteroatoms. The molecule has 4 aromatic rings. The van der Waals surface area contributed by atoms with Crippen LogP contribution in [0.1, 0.15) is 30.9 Å². The van der Waals surface area contributed by atoms with Crippen molar-refractivity contribution in [3.63, 3.8) is 0 Å². The van der Waals surface area contributed by atoms with Crippen LogP contribution in [0.15, 0.2) is 28.9 Å². The van der Waals surface area contributed by atoms with E-state index in [0.717, 1.165) is 44.9 Å². The fourth-order valence-corrected chi connectivity index (χ4v) is 4.06. The summed E-state index contributed by atoms with van der Waals surface area (Å²) in [6.07, 6.45) is 5.73. The number of hydrogen-bond acceptors (Lipinski definition) is 7. The predicted molar refractivity (Wildman–Crippen MR) is 121 cm³/mol. The summed E-state index contributed by atoms with van der Waals surface area (Å²) >= 11 is 0. The molecule has 1 N–H and O–H groups in total. The first-order valence-electron chi connectivity index (χ1n) is 10.7. The zero-order chi connectivity index (χ0) is 22.2. The first-order valence-corrected chi connectivity index (χ1v) is 10.7. The van der Waals surface area contributed by atoms with E-state index in [1.165, 1.54) is 0 Å². The average molecular weight is 435 g/mol. The number of aromatic nitrogens is 5. The minimum absolute atomic E-state index is 0.0687. The quantitative estimate of drug-likeness (QED) is 0.514. The van der Waals surface area contributed by atoms with Gasteiger partial charge in [0.2, 0.25) is 5.88 Å². The van der Waals surface area contributed by atoms with E-state index in [0.29, 0.717) is 25.6 Å². The summed E-state index contributed by atoms with van der Waals surface area (Å²) < 4.78 is 19.5. The Hall–Kier alpha value is -3.59. The average Bonchev–Trinajstić information content (AvgIpc) is 3.44. The normalized spacial score (nSPS) is 17.9. The van der Waals surface area contributed by atoms with Crippen molar-refractivity contribution in [3.05, 3.63) is 41.4 Å². The molecule has 166 valence electrons. The van der Waals surface area contributed by atoms with Gasteiger partial charge in [-0.1, -0.05) is 6.07 Å². The standard InChI is InChI=1S/C23H26N6O3/c1-5-30-22-16-7-9-20-17-10-15(6-8-19(17)25-26-20)18-11-24-29(4)23(18)31-14(2)12-28(3)13-21(16)32-27-22/h6-11,14H,5,12-13H2,1-4H3,(H,25,26)/b9-7+/t14-/m0/s1. The molecule has 3 aromatic heterocycles. The van der Waals surface area contributed by atoms with Gasteiger partial charge in [0.05, 0.1) is 41.7 Å². The first-order chi connectivity index (χ1) is 15.5. The van der Waals surface area contributed by atoms with Crippen molar-refractivity contribution in [1.82, 2.24) is 30.0 Å². The molecular formula is C23H26N6O3. The van der Waals surface area contributed by atoms with E-state index in [1.54, 1.807) is 4.68 Å². The second-order valence-electron chi connectivity index (χ2n) is 8.07. The lowest BCUT2D eigenvalue weighted by atomic mass is 10.1. The second-order valence-corrected chi connectivity index (χ2v) is 8.07. The summed E-state index contributed by atoms with van der Waals surface area (Å²) in [6.45, 7) is 5.75. The van der Waals surface area contributed by atoms with E-state index in [4.69, 9.17) is 14.0 Å². The largest absolute Gasteiger partial charge is 0.475 e. The van der Waals surface area contributed by atoms with Crippen molar-refractivity contribution in [2.45, 2.75) is 26.5 Å². The minimum atomic E-state index is -0.0687. The molecule has 0 fully saturated rings. The first kappa shape index (κ1) is 20.3. The number of rotatable bonds is 2. The van der Waals surface area contributed by atoms with Crippen LogP contribution in [0.5, 0.6) is 11.8 Å². The molecule has 0 unspecified atom stereocenters. The molecule has 32 heavy (non-hydrogen) atoms. The summed E-state index contributed by atoms with van der Waals surface area (Å²) in [7, 11) is 3.92. The Kier molecular flexibility index (Phi) is 5.18. The van der Waals surface area contributed by atoms with Crippen molar-refractivity contribution in [3.8, 4) is 22.9 Å². The highest BCUT2D eigenvalue weighted by Crippen LogP contribution is 2.34. The molecule has 0 saturated carbocycles. The van der Waals surface area contributed by atoms with Crippen LogP contribution < -0.4 is 9.47 Å². The maximum absolute atomic E-state index is 6.34. The third kappa shape index (κ3) is 3.64. The van der Waals surface area contributed by atoms with Crippen molar-refractivity contribution in [2.75, 3.05) is 20.2 Å². The van der Waals surface area contributed by atoms with Crippen LogP contribution in [-0.2, 0) is 13.6 Å². The van der Waals surface area contributed by atoms with Gasteiger partial charge in [-0.15, -0.1) is 0 Å². The monoisotopic (exact) mass is 434 g/mol. The summed E-state index contributed by atoms with van der Waals surface area (Å²) in [4.78, 5) is 2.14. The number of nitrogens with one attached hydrogen (secondary N) is 1. The number of fused-ring (bicyclic) bond motifs is 4. The van der Waals surface area contributed by atoms with Gasteiger partial charge in [0, 0.05) is 19.0 Å². The molecule has 1 atom stereocenters. The number of hydrogen-bond donors (Lipinski definition) is 1. The van der Waals surface area contributed by atoms with E-state index in [-0.39, 0.29) is 6.10 Å². The van der Waals surface area contributed by atoms with Crippen LogP contribution in [-0.4, -0.2) is 56.3 Å². The third-order valence-corrected chi connectivity index (χ3v) is 5.54. The Morgan fingerprint density at radius 1 is 1.25 bits per heavy atom. The lowest BCUT2D eigenvalue weighted by Crippen LogP contribution is -2.31. The summed E-state index contributed by atoms with van der Waals surface area (Å²) in [5, 5.41) is 17.2. The van der Waals surface area contributed by atoms with Crippen LogP contribution in [0.3, 0.4) is 0 Å². The maximum atomic E-state index is 6.34. The van der Waals surface area contributed by atoms with Crippen molar-refractivity contribution in [2.24, 2.45) is 7.05 Å². The number of likely N-dealkylation sites (N-methyl/N-ethyl adjacent to an activating group) is 1. The molecule has 1 aromatic carbocycles. The van der Waals surface area contributed by atoms with Crippen LogP contribution in [0, 0.1) is 0 Å². The fraction of sp³-hybridized carbons (Fsp3) is 0.348. The molecule has 1 aliphatic heterocycles. The number of benzene rings is 1. The Morgan fingerprint density at radius 3 is 2.97 bits per heavy atom. The molecule has 0 radical (unpaired) electrons. The SMILES string of the molecule is CCOc1noc2c1/C=C/c1[nH]nc3ccc(cc13)-c1cnn(C)c1O[C@@H](C)CN(C)C2. The van der Waals surface area contributed by atoms with Gasteiger partial charge >= 0.3 is 0 Å². The van der Waals surface area contributed by atoms with Crippen LogP contribution >= 0.6 is 0 Å². The molecule has 0 aliphatic carbocycles. The number of aryl methyl sites for hydroxylation is 1. The second kappa shape index (κ2) is 8.16. The predicted octanol–water partition coefficient (Wildman–Crippen LogP) is 3.73. The number of aromatic amines is 1. The lowest BCUT2D eigenvalue weighted by Gasteiger charge is -2.22. The maximum Gasteiger partial charge on any atom is 0.261 e. The van der Waals surface area contributed by atoms with Crippen LogP contribution in [0.25, 0.3) is 34.2 Å². The lowest BCUT2D eigenvalue weighted by molar-refractivity contribution is 0.142. The van der Waals surface area contributed by atoms with E-state index in [9.17, 15) is 0 Å². The molecule has 0 spiro atoms. The van der Waals surface area contributed by atoms with Gasteiger partial charge in [0.15, 0.2) is 5.76 Å². The van der Waals surface area contributed by atoms with Gasteiger partial charge < -0.3 is 14.0 Å². The van der Waals surface area contributed by atoms with Crippen molar-refractivity contribution >= 4 is 23.1 Å². The highest BCUT2D eigenvalue weighted by molar-refractivity contribution is 5.93. The highest BCUT2D eigenvalue weighted by atomic mass is 16.5. The molecule has 9 nitrogen and oxygen atoms in total. The van der Waals surface area contributed by atoms with Gasteiger partial charge in [0.1, 0.15) is 6.10 Å². The zero-order valence-electron chi connectivity index (χ0n) is 18.6. The van der Waals surface area contributed by atoms with Gasteiger partial charge in [-0.2, -0.15) is 10.2 Å². The van der Waals surface area contributed by atoms with E-state index in [2.05, 4.69) is 38.3 Å². The Morgan fingerprint density at radius 2 is 2.12 bits per heavy atom. The third-order valence-electron chi connectivity index (χ3n) is 5.54. The van der Waals surface area contributed by atoms with Crippen molar-refractivity contribution < 1.29 is 14.0 Å². The smallest absolute Gasteiger partial charge is 0.261 e. The molecule has 5 rings (SSSR count). The van der Waals surface area contributed by atoms with Gasteiger partial charge in [0.25, 0.3) is 5.88 Å². The Labute approximate surface area is 185 Å². The molecule has 0 amide bonds. The summed E-state index contributed by atoms with van der Waals surface area (Å²) in [5.74, 6) is 1.96. The van der Waals surface area contributed by atoms with Gasteiger partial charge in [-0.3, -0.25) is 10.00 Å². The summed E-state index contributed by atoms with van der Waals surface area (Å²) in [6, 6.07) is 6.15. The van der Waals surface area contributed by atoms with Gasteiger partial charge in [-0.05, 0) is 55.9 Å². The summed E-state index contributed by atoms with van der Waals surface area (Å²) in [5.41, 5.74) is 4.57. The number of ether oxygens (including phenoxy) is 2. The molecule has 1 aliphatic rings. The molecule has 0 saturated heterocycles. The number of nitrogens with zero attached hydrogens (tertiary/aromatic N) is 5. The highest BCUT2D eigenvalue weighted by Gasteiger charge is 2.21. The molecule has 2 bridgehead atoms. The van der Waals surface area contributed by atoms with Gasteiger partial charge in [-0.25, -0.2) is 4.68 Å². The molecule has 4 heterocycles. The van der Waals surface area contributed by atoms with Crippen LogP contribution in [0.2, 0.25) is 0 Å². The topological polar surface area (TPSA) is 94.2 Å². The van der Waals surface area contributed by atoms with E-state index >= 15 is 0 Å². The Bertz CT molecular complexity index is 1280. The van der Waals surface area contributed by atoms with Crippen LogP contribution in [0.4, 0.5) is 0 Å². The van der Waals surface area contributed by atoms with Crippen molar-refractivity contribution in [1.29, 1.82) is 0 Å². The molecular weight excluding hydrogens is 408 g/mol. The minimum Gasteiger partial charge on any atom is -0.475 e. The Balaban J connectivity index is 1.67. The van der Waals surface area contributed by atoms with E-state index < -0.39 is 0 Å². The zero-order valence-corrected chi connectivity index (χ0v) is 18.6.